The van der Waals surface area contributed by atoms with Crippen LogP contribution >= 0.6 is 0 Å². The summed E-state index contributed by atoms with van der Waals surface area (Å²) in [7, 11) is -3.63. The lowest BCUT2D eigenvalue weighted by molar-refractivity contribution is -0.135. The molecule has 9 nitrogen and oxygen atoms in total. The summed E-state index contributed by atoms with van der Waals surface area (Å²) in [6, 6.07) is 3.94. The lowest BCUT2D eigenvalue weighted by atomic mass is 10.1. The van der Waals surface area contributed by atoms with E-state index in [1.165, 1.54) is 25.1 Å². The molecule has 0 aliphatic heterocycles. The van der Waals surface area contributed by atoms with Crippen LogP contribution in [0.25, 0.3) is 0 Å². The van der Waals surface area contributed by atoms with Gasteiger partial charge in [-0.25, -0.2) is 8.42 Å². The van der Waals surface area contributed by atoms with Crippen molar-refractivity contribution in [3.63, 3.8) is 0 Å². The van der Waals surface area contributed by atoms with E-state index in [0.717, 1.165) is 6.26 Å². The first kappa shape index (κ1) is 17.4. The molecule has 0 aromatic heterocycles. The molecule has 0 aliphatic rings. The topological polar surface area (TPSA) is 142 Å². The standard InChI is InChI=1S/C12H15N3O6S/c1-7(16)14-8-3-4-10(15-22(2,20)21)9(5-8)12(19)13-6-11(17)18/h3-5,15H,6H2,1-2H3,(H,13,19)(H,14,16)(H,17,18). The van der Waals surface area contributed by atoms with Crippen LogP contribution in [0.2, 0.25) is 0 Å². The van der Waals surface area contributed by atoms with E-state index >= 15 is 0 Å². The number of carbonyl (C=O) groups excluding carboxylic acids is 2. The number of nitrogens with one attached hydrogen (secondary N) is 3. The molecule has 0 heterocycles. The second-order valence-corrected chi connectivity index (χ2v) is 6.14. The van der Waals surface area contributed by atoms with E-state index < -0.39 is 28.4 Å². The zero-order valence-electron chi connectivity index (χ0n) is 11.8. The van der Waals surface area contributed by atoms with Gasteiger partial charge in [-0.15, -0.1) is 0 Å². The summed E-state index contributed by atoms with van der Waals surface area (Å²) in [5.74, 6) is -2.41. The van der Waals surface area contributed by atoms with Crippen LogP contribution in [-0.4, -0.2) is 44.1 Å². The predicted octanol–water partition coefficient (Wildman–Crippen LogP) is -0.169. The van der Waals surface area contributed by atoms with E-state index in [1.807, 2.05) is 0 Å². The first-order valence-corrected chi connectivity index (χ1v) is 7.87. The normalized spacial score (nSPS) is 10.6. The molecule has 0 unspecified atom stereocenters. The second-order valence-electron chi connectivity index (χ2n) is 4.39. The number of amides is 2. The zero-order chi connectivity index (χ0) is 16.9. The van der Waals surface area contributed by atoms with Crippen molar-refractivity contribution in [1.82, 2.24) is 5.32 Å². The fourth-order valence-electron chi connectivity index (χ4n) is 1.55. The molecule has 2 amide bonds. The minimum Gasteiger partial charge on any atom is -0.480 e. The summed E-state index contributed by atoms with van der Waals surface area (Å²) in [6.07, 6.45) is 0.910. The summed E-state index contributed by atoms with van der Waals surface area (Å²) in [5.41, 5.74) is 0.129. The number of aliphatic carboxylic acids is 1. The SMILES string of the molecule is CC(=O)Nc1ccc(NS(C)(=O)=O)c(C(=O)NCC(=O)O)c1. The molecule has 0 aliphatic carbocycles. The summed E-state index contributed by atoms with van der Waals surface area (Å²) >= 11 is 0. The van der Waals surface area contributed by atoms with Crippen molar-refractivity contribution in [2.24, 2.45) is 0 Å². The Morgan fingerprint density at radius 1 is 1.23 bits per heavy atom. The summed E-state index contributed by atoms with van der Waals surface area (Å²) in [6.45, 7) is 0.647. The number of anilines is 2. The Balaban J connectivity index is 3.18. The minimum atomic E-state index is -3.63. The fraction of sp³-hybridized carbons (Fsp3) is 0.250. The summed E-state index contributed by atoms with van der Waals surface area (Å²) < 4.78 is 24.7. The number of benzene rings is 1. The Morgan fingerprint density at radius 2 is 1.86 bits per heavy atom. The highest BCUT2D eigenvalue weighted by atomic mass is 32.2. The van der Waals surface area contributed by atoms with Crippen LogP contribution in [0.1, 0.15) is 17.3 Å². The molecular formula is C12H15N3O6S. The number of rotatable bonds is 6. The van der Waals surface area contributed by atoms with E-state index in [-0.39, 0.29) is 22.8 Å². The Morgan fingerprint density at radius 3 is 2.36 bits per heavy atom. The number of hydrogen-bond donors (Lipinski definition) is 4. The van der Waals surface area contributed by atoms with Gasteiger partial charge in [-0.2, -0.15) is 0 Å². The molecule has 120 valence electrons. The van der Waals surface area contributed by atoms with Crippen LogP contribution in [0.3, 0.4) is 0 Å². The summed E-state index contributed by atoms with van der Waals surface area (Å²) in [5, 5.41) is 13.1. The highest BCUT2D eigenvalue weighted by Gasteiger charge is 2.16. The number of carboxylic acid groups (broad SMARTS) is 1. The van der Waals surface area contributed by atoms with E-state index in [1.54, 1.807) is 0 Å². The predicted molar refractivity (Wildman–Crippen MR) is 79.2 cm³/mol. The monoisotopic (exact) mass is 329 g/mol. The van der Waals surface area contributed by atoms with Crippen molar-refractivity contribution in [1.29, 1.82) is 0 Å². The largest absolute Gasteiger partial charge is 0.480 e. The molecule has 0 saturated carbocycles. The molecule has 1 rings (SSSR count). The third-order valence-electron chi connectivity index (χ3n) is 2.28. The Kier molecular flexibility index (Phi) is 5.46. The van der Waals surface area contributed by atoms with E-state index in [9.17, 15) is 22.8 Å². The number of carboxylic acids is 1. The molecule has 0 fully saturated rings. The Labute approximate surface area is 126 Å². The first-order chi connectivity index (χ1) is 10.1. The molecule has 0 radical (unpaired) electrons. The highest BCUT2D eigenvalue weighted by molar-refractivity contribution is 7.92. The van der Waals surface area contributed by atoms with Gasteiger partial charge in [0, 0.05) is 12.6 Å². The molecular weight excluding hydrogens is 314 g/mol. The van der Waals surface area contributed by atoms with Gasteiger partial charge < -0.3 is 15.7 Å². The molecule has 10 heteroatoms. The summed E-state index contributed by atoms with van der Waals surface area (Å²) in [4.78, 5) is 33.5. The van der Waals surface area contributed by atoms with Gasteiger partial charge in [-0.05, 0) is 18.2 Å². The zero-order valence-corrected chi connectivity index (χ0v) is 12.7. The average molecular weight is 329 g/mol. The van der Waals surface area contributed by atoms with E-state index in [0.29, 0.717) is 0 Å². The molecule has 22 heavy (non-hydrogen) atoms. The maximum atomic E-state index is 12.0. The Hall–Kier alpha value is -2.62. The molecule has 0 saturated heterocycles. The molecule has 0 spiro atoms. The van der Waals surface area contributed by atoms with Crippen molar-refractivity contribution >= 4 is 39.2 Å². The van der Waals surface area contributed by atoms with Crippen LogP contribution in [0.4, 0.5) is 11.4 Å². The maximum Gasteiger partial charge on any atom is 0.322 e. The smallest absolute Gasteiger partial charge is 0.322 e. The number of hydrogen-bond acceptors (Lipinski definition) is 5. The van der Waals surface area contributed by atoms with E-state index in [2.05, 4.69) is 15.4 Å². The molecule has 4 N–H and O–H groups in total. The van der Waals surface area contributed by atoms with Crippen LogP contribution in [0, 0.1) is 0 Å². The van der Waals surface area contributed by atoms with Crippen LogP contribution < -0.4 is 15.4 Å². The van der Waals surface area contributed by atoms with Gasteiger partial charge in [-0.3, -0.25) is 19.1 Å². The van der Waals surface area contributed by atoms with Crippen LogP contribution in [0.15, 0.2) is 18.2 Å². The van der Waals surface area contributed by atoms with Gasteiger partial charge in [0.1, 0.15) is 6.54 Å². The van der Waals surface area contributed by atoms with Gasteiger partial charge in [0.25, 0.3) is 5.91 Å². The van der Waals surface area contributed by atoms with Crippen molar-refractivity contribution in [2.75, 3.05) is 22.8 Å². The van der Waals surface area contributed by atoms with Gasteiger partial charge in [-0.1, -0.05) is 0 Å². The Bertz CT molecular complexity index is 714. The molecule has 0 bridgehead atoms. The molecule has 1 aromatic carbocycles. The maximum absolute atomic E-state index is 12.0. The molecule has 1 aromatic rings. The van der Waals surface area contributed by atoms with E-state index in [4.69, 9.17) is 5.11 Å². The van der Waals surface area contributed by atoms with Gasteiger partial charge in [0.15, 0.2) is 0 Å². The molecule has 0 atom stereocenters. The first-order valence-electron chi connectivity index (χ1n) is 5.98. The quantitative estimate of drug-likeness (QED) is 0.571. The third kappa shape index (κ3) is 5.79. The highest BCUT2D eigenvalue weighted by Crippen LogP contribution is 2.21. The lowest BCUT2D eigenvalue weighted by Crippen LogP contribution is -2.30. The average Bonchev–Trinajstić information content (AvgIpc) is 2.35. The van der Waals surface area contributed by atoms with Gasteiger partial charge in [0.05, 0.1) is 17.5 Å². The van der Waals surface area contributed by atoms with Gasteiger partial charge >= 0.3 is 5.97 Å². The van der Waals surface area contributed by atoms with Crippen molar-refractivity contribution < 1.29 is 27.9 Å². The minimum absolute atomic E-state index is 0.0282. The second kappa shape index (κ2) is 6.89. The van der Waals surface area contributed by atoms with Crippen molar-refractivity contribution in [3.8, 4) is 0 Å². The lowest BCUT2D eigenvalue weighted by Gasteiger charge is -2.12. The van der Waals surface area contributed by atoms with Crippen LogP contribution in [-0.2, 0) is 19.6 Å². The van der Waals surface area contributed by atoms with Gasteiger partial charge in [0.2, 0.25) is 15.9 Å². The van der Waals surface area contributed by atoms with Crippen LogP contribution in [0.5, 0.6) is 0 Å². The fourth-order valence-corrected chi connectivity index (χ4v) is 2.13. The van der Waals surface area contributed by atoms with Crippen molar-refractivity contribution in [3.05, 3.63) is 23.8 Å². The van der Waals surface area contributed by atoms with Crippen molar-refractivity contribution in [2.45, 2.75) is 6.92 Å². The third-order valence-corrected chi connectivity index (χ3v) is 2.87. The number of sulfonamides is 1. The number of carbonyl (C=O) groups is 3.